The molecule has 32 heavy (non-hydrogen) atoms. The van der Waals surface area contributed by atoms with Crippen molar-refractivity contribution in [3.8, 4) is 0 Å². The van der Waals surface area contributed by atoms with Crippen molar-refractivity contribution in [1.82, 2.24) is 9.80 Å². The van der Waals surface area contributed by atoms with E-state index in [2.05, 4.69) is 5.32 Å². The Hall–Kier alpha value is -3.25. The van der Waals surface area contributed by atoms with Crippen molar-refractivity contribution in [3.63, 3.8) is 0 Å². The maximum Gasteiger partial charge on any atom is 0.321 e. The Bertz CT molecular complexity index is 1070. The highest BCUT2D eigenvalue weighted by molar-refractivity contribution is 6.30. The predicted molar refractivity (Wildman–Crippen MR) is 125 cm³/mol. The summed E-state index contributed by atoms with van der Waals surface area (Å²) in [5, 5.41) is 3.56. The summed E-state index contributed by atoms with van der Waals surface area (Å²) in [6, 6.07) is 18.4. The van der Waals surface area contributed by atoms with Gasteiger partial charge < -0.3 is 19.5 Å². The fraction of sp³-hybridized carbons (Fsp3) is 0.280. The summed E-state index contributed by atoms with van der Waals surface area (Å²) in [6.45, 7) is 1.73. The molecule has 1 fully saturated rings. The minimum Gasteiger partial charge on any atom is -0.467 e. The zero-order chi connectivity index (χ0) is 22.5. The first-order chi connectivity index (χ1) is 15.5. The molecule has 1 aromatic heterocycles. The Balaban J connectivity index is 1.41. The smallest absolute Gasteiger partial charge is 0.321 e. The molecule has 0 aliphatic carbocycles. The second-order valence-electron chi connectivity index (χ2n) is 8.09. The third kappa shape index (κ3) is 5.32. The van der Waals surface area contributed by atoms with Crippen LogP contribution in [-0.2, 0) is 6.54 Å². The lowest BCUT2D eigenvalue weighted by atomic mass is 9.89. The van der Waals surface area contributed by atoms with Crippen molar-refractivity contribution in [2.45, 2.75) is 25.3 Å². The van der Waals surface area contributed by atoms with Crippen molar-refractivity contribution < 1.29 is 14.0 Å². The molecule has 1 atom stereocenters. The van der Waals surface area contributed by atoms with Crippen molar-refractivity contribution >= 4 is 29.2 Å². The van der Waals surface area contributed by atoms with E-state index in [9.17, 15) is 9.59 Å². The molecule has 0 radical (unpaired) electrons. The van der Waals surface area contributed by atoms with Crippen LogP contribution in [-0.4, -0.2) is 41.9 Å². The molecule has 2 heterocycles. The maximum atomic E-state index is 12.9. The average molecular weight is 452 g/mol. The Kier molecular flexibility index (Phi) is 6.81. The summed E-state index contributed by atoms with van der Waals surface area (Å²) >= 11 is 5.92. The number of halogens is 1. The van der Waals surface area contributed by atoms with E-state index in [4.69, 9.17) is 16.0 Å². The van der Waals surface area contributed by atoms with E-state index in [1.165, 1.54) is 0 Å². The molecule has 166 valence electrons. The molecule has 0 spiro atoms. The molecular formula is C25H26ClN3O3. The zero-order valence-electron chi connectivity index (χ0n) is 18.0. The Labute approximate surface area is 192 Å². The molecular weight excluding hydrogens is 426 g/mol. The van der Waals surface area contributed by atoms with Gasteiger partial charge in [0.05, 0.1) is 12.8 Å². The lowest BCUT2D eigenvalue weighted by molar-refractivity contribution is 0.0775. The van der Waals surface area contributed by atoms with Gasteiger partial charge in [-0.2, -0.15) is 0 Å². The lowest BCUT2D eigenvalue weighted by Gasteiger charge is -2.33. The quantitative estimate of drug-likeness (QED) is 0.547. The van der Waals surface area contributed by atoms with Crippen LogP contribution in [0.25, 0.3) is 0 Å². The highest BCUT2D eigenvalue weighted by Gasteiger charge is 2.25. The van der Waals surface area contributed by atoms with Crippen LogP contribution in [0.15, 0.2) is 71.3 Å². The molecule has 3 amide bonds. The number of anilines is 1. The van der Waals surface area contributed by atoms with Crippen LogP contribution in [0.1, 0.15) is 40.4 Å². The number of nitrogens with one attached hydrogen (secondary N) is 1. The van der Waals surface area contributed by atoms with E-state index in [0.717, 1.165) is 24.2 Å². The summed E-state index contributed by atoms with van der Waals surface area (Å²) < 4.78 is 5.35. The summed E-state index contributed by atoms with van der Waals surface area (Å²) in [7, 11) is 1.76. The van der Waals surface area contributed by atoms with Crippen molar-refractivity contribution in [2.24, 2.45) is 0 Å². The van der Waals surface area contributed by atoms with E-state index in [1.807, 2.05) is 41.3 Å². The fourth-order valence-electron chi connectivity index (χ4n) is 4.02. The van der Waals surface area contributed by atoms with Crippen LogP contribution in [0.2, 0.25) is 5.02 Å². The first-order valence-corrected chi connectivity index (χ1v) is 11.1. The fourth-order valence-corrected chi connectivity index (χ4v) is 4.15. The van der Waals surface area contributed by atoms with E-state index < -0.39 is 0 Å². The van der Waals surface area contributed by atoms with Gasteiger partial charge in [-0.25, -0.2) is 4.79 Å². The van der Waals surface area contributed by atoms with Gasteiger partial charge in [-0.3, -0.25) is 4.79 Å². The minimum absolute atomic E-state index is 0.0589. The average Bonchev–Trinajstić information content (AvgIpc) is 3.33. The second kappa shape index (κ2) is 9.92. The van der Waals surface area contributed by atoms with Crippen LogP contribution in [0.5, 0.6) is 0 Å². The number of amides is 3. The number of carbonyl (C=O) groups excluding carboxylic acids is 2. The second-order valence-corrected chi connectivity index (χ2v) is 8.52. The number of nitrogens with zero attached hydrogens (tertiary/aromatic N) is 2. The normalized spacial score (nSPS) is 15.9. The van der Waals surface area contributed by atoms with E-state index >= 15 is 0 Å². The van der Waals surface area contributed by atoms with Crippen molar-refractivity contribution in [3.05, 3.63) is 88.8 Å². The lowest BCUT2D eigenvalue weighted by Crippen LogP contribution is -2.41. The van der Waals surface area contributed by atoms with Gasteiger partial charge in [-0.1, -0.05) is 23.7 Å². The summed E-state index contributed by atoms with van der Waals surface area (Å²) in [4.78, 5) is 29.1. The molecule has 2 aromatic carbocycles. The Morgan fingerprint density at radius 3 is 2.72 bits per heavy atom. The van der Waals surface area contributed by atoms with Gasteiger partial charge in [0.1, 0.15) is 5.76 Å². The number of likely N-dealkylation sites (tertiary alicyclic amines) is 1. The molecule has 7 heteroatoms. The first-order valence-electron chi connectivity index (χ1n) is 10.7. The first kappa shape index (κ1) is 22.0. The molecule has 0 bridgehead atoms. The molecule has 1 saturated heterocycles. The van der Waals surface area contributed by atoms with Crippen LogP contribution in [0, 0.1) is 0 Å². The highest BCUT2D eigenvalue weighted by atomic mass is 35.5. The molecule has 1 aliphatic heterocycles. The van der Waals surface area contributed by atoms with E-state index in [-0.39, 0.29) is 17.9 Å². The number of rotatable bonds is 5. The summed E-state index contributed by atoms with van der Waals surface area (Å²) in [5.41, 5.74) is 2.43. The molecule has 1 N–H and O–H groups in total. The van der Waals surface area contributed by atoms with Gasteiger partial charge in [-0.15, -0.1) is 0 Å². The van der Waals surface area contributed by atoms with Crippen molar-refractivity contribution in [2.75, 3.05) is 25.5 Å². The number of piperidine rings is 1. The largest absolute Gasteiger partial charge is 0.467 e. The SMILES string of the molecule is CN(Cc1ccco1)C(=O)c1cccc([C@@H]2CCCN(C(=O)Nc3ccc(Cl)cc3)C2)c1. The number of benzene rings is 2. The van der Waals surface area contributed by atoms with Gasteiger partial charge >= 0.3 is 6.03 Å². The van der Waals surface area contributed by atoms with E-state index in [0.29, 0.717) is 35.9 Å². The Morgan fingerprint density at radius 2 is 1.97 bits per heavy atom. The van der Waals surface area contributed by atoms with Gasteiger partial charge in [0.25, 0.3) is 5.91 Å². The maximum absolute atomic E-state index is 12.9. The molecule has 4 rings (SSSR count). The number of urea groups is 1. The molecule has 3 aromatic rings. The molecule has 0 unspecified atom stereocenters. The zero-order valence-corrected chi connectivity index (χ0v) is 18.7. The number of carbonyl (C=O) groups is 2. The number of furan rings is 1. The molecule has 0 saturated carbocycles. The van der Waals surface area contributed by atoms with Gasteiger partial charge in [0.2, 0.25) is 0 Å². The van der Waals surface area contributed by atoms with Gasteiger partial charge in [-0.05, 0) is 66.9 Å². The molecule has 6 nitrogen and oxygen atoms in total. The van der Waals surface area contributed by atoms with Crippen LogP contribution in [0.4, 0.5) is 10.5 Å². The third-order valence-electron chi connectivity index (χ3n) is 5.73. The summed E-state index contributed by atoms with van der Waals surface area (Å²) in [6.07, 6.45) is 3.49. The Morgan fingerprint density at radius 1 is 1.16 bits per heavy atom. The summed E-state index contributed by atoms with van der Waals surface area (Å²) in [5.74, 6) is 0.867. The number of hydrogen-bond donors (Lipinski definition) is 1. The third-order valence-corrected chi connectivity index (χ3v) is 5.98. The molecule has 1 aliphatic rings. The van der Waals surface area contributed by atoms with Crippen molar-refractivity contribution in [1.29, 1.82) is 0 Å². The van der Waals surface area contributed by atoms with Gasteiger partial charge in [0, 0.05) is 42.3 Å². The van der Waals surface area contributed by atoms with Crippen LogP contribution < -0.4 is 5.32 Å². The standard InChI is InChI=1S/C25H26ClN3O3/c1-28(17-23-8-4-14-32-23)24(30)19-6-2-5-18(15-19)20-7-3-13-29(16-20)25(31)27-22-11-9-21(26)10-12-22/h2,4-6,8-12,14-15,20H,3,7,13,16-17H2,1H3,(H,27,31)/t20-/m1/s1. The topological polar surface area (TPSA) is 65.8 Å². The van der Waals surface area contributed by atoms with Crippen LogP contribution in [0.3, 0.4) is 0 Å². The van der Waals surface area contributed by atoms with Crippen LogP contribution >= 0.6 is 11.6 Å². The number of hydrogen-bond acceptors (Lipinski definition) is 3. The predicted octanol–water partition coefficient (Wildman–Crippen LogP) is 5.62. The minimum atomic E-state index is -0.123. The van der Waals surface area contributed by atoms with E-state index in [1.54, 1.807) is 42.5 Å². The monoisotopic (exact) mass is 451 g/mol. The highest BCUT2D eigenvalue weighted by Crippen LogP contribution is 2.28. The van der Waals surface area contributed by atoms with Gasteiger partial charge in [0.15, 0.2) is 0 Å².